The number of hydrogen-bond acceptors (Lipinski definition) is 4. The van der Waals surface area contributed by atoms with Crippen LogP contribution in [0.25, 0.3) is 0 Å². The van der Waals surface area contributed by atoms with Crippen LogP contribution in [0.1, 0.15) is 40.1 Å². The minimum Gasteiger partial charge on any atom is -0.451 e. The van der Waals surface area contributed by atoms with Crippen molar-refractivity contribution < 1.29 is 14.3 Å². The third-order valence-electron chi connectivity index (χ3n) is 3.72. The molecular weight excluding hydrogens is 290 g/mol. The van der Waals surface area contributed by atoms with Gasteiger partial charge in [-0.05, 0) is 31.0 Å². The van der Waals surface area contributed by atoms with Crippen molar-refractivity contribution in [3.63, 3.8) is 0 Å². The first-order valence-electron chi connectivity index (χ1n) is 7.67. The third-order valence-corrected chi connectivity index (χ3v) is 3.72. The maximum atomic E-state index is 12.4. The number of ketones is 1. The van der Waals surface area contributed by atoms with Gasteiger partial charge in [-0.2, -0.15) is 0 Å². The predicted molar refractivity (Wildman–Crippen MR) is 91.0 cm³/mol. The summed E-state index contributed by atoms with van der Waals surface area (Å²) < 4.78 is 5.32. The van der Waals surface area contributed by atoms with Gasteiger partial charge >= 0.3 is 5.97 Å². The third kappa shape index (κ3) is 3.97. The quantitative estimate of drug-likeness (QED) is 0.652. The van der Waals surface area contributed by atoms with Gasteiger partial charge in [-0.1, -0.05) is 43.3 Å². The first-order chi connectivity index (χ1) is 11.1. The summed E-state index contributed by atoms with van der Waals surface area (Å²) in [5.74, 6) is -0.719. The maximum Gasteiger partial charge on any atom is 0.340 e. The molecule has 120 valence electrons. The molecule has 0 radical (unpaired) electrons. The summed E-state index contributed by atoms with van der Waals surface area (Å²) >= 11 is 0. The summed E-state index contributed by atoms with van der Waals surface area (Å²) in [4.78, 5) is 24.6. The molecule has 0 aliphatic rings. The normalized spacial score (nSPS) is 11.6. The van der Waals surface area contributed by atoms with E-state index in [9.17, 15) is 9.59 Å². The van der Waals surface area contributed by atoms with Crippen molar-refractivity contribution in [2.24, 2.45) is 0 Å². The number of ether oxygens (including phenoxy) is 1. The highest BCUT2D eigenvalue weighted by molar-refractivity contribution is 6.02. The molecule has 0 heterocycles. The summed E-state index contributed by atoms with van der Waals surface area (Å²) in [7, 11) is 1.73. The van der Waals surface area contributed by atoms with E-state index in [0.717, 1.165) is 12.0 Å². The number of anilines is 1. The minimum absolute atomic E-state index is 0.206. The maximum absolute atomic E-state index is 12.4. The highest BCUT2D eigenvalue weighted by atomic mass is 16.5. The molecule has 0 saturated carbocycles. The van der Waals surface area contributed by atoms with Crippen LogP contribution in [0, 0.1) is 0 Å². The van der Waals surface area contributed by atoms with Crippen molar-refractivity contribution >= 4 is 17.4 Å². The molecule has 1 atom stereocenters. The molecule has 23 heavy (non-hydrogen) atoms. The number of carbonyl (C=O) groups excluding carboxylic acids is 2. The predicted octanol–water partition coefficient (Wildman–Crippen LogP) is 3.72. The second-order valence-corrected chi connectivity index (χ2v) is 5.26. The molecule has 0 aliphatic carbocycles. The number of Topliss-reactive ketones (excluding diaryl/α,β-unsaturated/α-hetero) is 1. The molecule has 4 nitrogen and oxygen atoms in total. The number of para-hydroxylation sites is 1. The van der Waals surface area contributed by atoms with Crippen LogP contribution in [0.3, 0.4) is 0 Å². The van der Waals surface area contributed by atoms with Gasteiger partial charge in [-0.3, -0.25) is 4.79 Å². The molecular formula is C19H21NO3. The van der Waals surface area contributed by atoms with Gasteiger partial charge in [0.1, 0.15) is 0 Å². The van der Waals surface area contributed by atoms with Crippen LogP contribution in [0.2, 0.25) is 0 Å². The Balaban J connectivity index is 2.09. The van der Waals surface area contributed by atoms with Gasteiger partial charge in [0.15, 0.2) is 6.10 Å². The summed E-state index contributed by atoms with van der Waals surface area (Å²) in [6.45, 7) is 3.65. The number of esters is 1. The Labute approximate surface area is 136 Å². The van der Waals surface area contributed by atoms with Crippen LogP contribution in [0.4, 0.5) is 5.69 Å². The van der Waals surface area contributed by atoms with Gasteiger partial charge in [-0.15, -0.1) is 0 Å². The summed E-state index contributed by atoms with van der Waals surface area (Å²) in [5, 5.41) is 2.94. The van der Waals surface area contributed by atoms with Gasteiger partial charge in [0.05, 0.1) is 5.56 Å². The van der Waals surface area contributed by atoms with Gasteiger partial charge in [-0.25, -0.2) is 4.79 Å². The van der Waals surface area contributed by atoms with E-state index in [0.29, 0.717) is 16.8 Å². The molecule has 0 unspecified atom stereocenters. The van der Waals surface area contributed by atoms with E-state index in [4.69, 9.17) is 4.74 Å². The average Bonchev–Trinajstić information content (AvgIpc) is 2.60. The van der Waals surface area contributed by atoms with Crippen LogP contribution in [-0.4, -0.2) is 24.9 Å². The monoisotopic (exact) mass is 311 g/mol. The molecule has 2 rings (SSSR count). The summed E-state index contributed by atoms with van der Waals surface area (Å²) in [6, 6.07) is 14.4. The number of hydrogen-bond donors (Lipinski definition) is 1. The topological polar surface area (TPSA) is 55.4 Å². The van der Waals surface area contributed by atoms with E-state index in [1.54, 1.807) is 44.3 Å². The first kappa shape index (κ1) is 16.7. The standard InChI is InChI=1S/C19H21NO3/c1-4-14-9-11-15(12-10-14)18(21)13(2)23-19(22)16-7-5-6-8-17(16)20-3/h5-13,20H,4H2,1-3H3/t13-/m1/s1. The second-order valence-electron chi connectivity index (χ2n) is 5.26. The van der Waals surface area contributed by atoms with Crippen LogP contribution in [-0.2, 0) is 11.2 Å². The number of rotatable bonds is 6. The van der Waals surface area contributed by atoms with E-state index in [2.05, 4.69) is 12.2 Å². The van der Waals surface area contributed by atoms with Crippen molar-refractivity contribution in [2.45, 2.75) is 26.4 Å². The number of nitrogens with one attached hydrogen (secondary N) is 1. The molecule has 0 amide bonds. The van der Waals surface area contributed by atoms with Crippen molar-refractivity contribution in [2.75, 3.05) is 12.4 Å². The molecule has 2 aromatic rings. The zero-order valence-corrected chi connectivity index (χ0v) is 13.6. The lowest BCUT2D eigenvalue weighted by atomic mass is 10.0. The lowest BCUT2D eigenvalue weighted by molar-refractivity contribution is 0.0319. The van der Waals surface area contributed by atoms with E-state index < -0.39 is 12.1 Å². The Kier molecular flexibility index (Phi) is 5.52. The molecule has 0 fully saturated rings. The average molecular weight is 311 g/mol. The lowest BCUT2D eigenvalue weighted by Crippen LogP contribution is -2.24. The zero-order chi connectivity index (χ0) is 16.8. The first-order valence-corrected chi connectivity index (χ1v) is 7.67. The van der Waals surface area contributed by atoms with Crippen LogP contribution < -0.4 is 5.32 Å². The smallest absolute Gasteiger partial charge is 0.340 e. The molecule has 4 heteroatoms. The van der Waals surface area contributed by atoms with Gasteiger partial charge in [0.2, 0.25) is 5.78 Å². The molecule has 1 N–H and O–H groups in total. The van der Waals surface area contributed by atoms with Crippen molar-refractivity contribution in [1.82, 2.24) is 0 Å². The van der Waals surface area contributed by atoms with Crippen molar-refractivity contribution in [3.8, 4) is 0 Å². The fourth-order valence-corrected chi connectivity index (χ4v) is 2.30. The van der Waals surface area contributed by atoms with Crippen LogP contribution >= 0.6 is 0 Å². The Morgan fingerprint density at radius 1 is 1.09 bits per heavy atom. The van der Waals surface area contributed by atoms with Crippen LogP contribution in [0.5, 0.6) is 0 Å². The molecule has 0 saturated heterocycles. The fraction of sp³-hybridized carbons (Fsp3) is 0.263. The van der Waals surface area contributed by atoms with E-state index in [1.165, 1.54) is 0 Å². The largest absolute Gasteiger partial charge is 0.451 e. The van der Waals surface area contributed by atoms with Crippen molar-refractivity contribution in [1.29, 1.82) is 0 Å². The Hall–Kier alpha value is -2.62. The highest BCUT2D eigenvalue weighted by Crippen LogP contribution is 2.17. The fourth-order valence-electron chi connectivity index (χ4n) is 2.30. The molecule has 0 bridgehead atoms. The second kappa shape index (κ2) is 7.58. The molecule has 0 spiro atoms. The molecule has 0 aromatic heterocycles. The lowest BCUT2D eigenvalue weighted by Gasteiger charge is -2.14. The summed E-state index contributed by atoms with van der Waals surface area (Å²) in [6.07, 6.45) is 0.0830. The van der Waals surface area contributed by atoms with Gasteiger partial charge in [0.25, 0.3) is 0 Å². The Morgan fingerprint density at radius 3 is 2.35 bits per heavy atom. The van der Waals surface area contributed by atoms with E-state index in [1.807, 2.05) is 18.2 Å². The summed E-state index contributed by atoms with van der Waals surface area (Å²) in [5.41, 5.74) is 2.79. The molecule has 0 aliphatic heterocycles. The Bertz CT molecular complexity index is 692. The SMILES string of the molecule is CCc1ccc(C(=O)[C@@H](C)OC(=O)c2ccccc2NC)cc1. The number of benzene rings is 2. The number of carbonyl (C=O) groups is 2. The van der Waals surface area contributed by atoms with E-state index >= 15 is 0 Å². The van der Waals surface area contributed by atoms with Crippen LogP contribution in [0.15, 0.2) is 48.5 Å². The zero-order valence-electron chi connectivity index (χ0n) is 13.6. The van der Waals surface area contributed by atoms with E-state index in [-0.39, 0.29) is 5.78 Å². The van der Waals surface area contributed by atoms with Gasteiger partial charge in [0, 0.05) is 18.3 Å². The van der Waals surface area contributed by atoms with Crippen molar-refractivity contribution in [3.05, 3.63) is 65.2 Å². The Morgan fingerprint density at radius 2 is 1.74 bits per heavy atom. The molecule has 2 aromatic carbocycles. The highest BCUT2D eigenvalue weighted by Gasteiger charge is 2.21. The van der Waals surface area contributed by atoms with Gasteiger partial charge < -0.3 is 10.1 Å². The number of aryl methyl sites for hydroxylation is 1. The minimum atomic E-state index is -0.833.